The molecule has 2 N–H and O–H groups in total. The lowest BCUT2D eigenvalue weighted by Gasteiger charge is -2.39. The van der Waals surface area contributed by atoms with Crippen LogP contribution < -0.4 is 0 Å². The fourth-order valence-electron chi connectivity index (χ4n) is 3.17. The summed E-state index contributed by atoms with van der Waals surface area (Å²) < 4.78 is 87.5. The SMILES string of the molecule is CCc1cn(C[C@H]2O[C@H](OCc3cn(CC)nn3)C[C@@H](OS(=O)(=O)O)[C@@H]2OS(=O)(=O)O)nn1. The molecule has 33 heavy (non-hydrogen) atoms. The van der Waals surface area contributed by atoms with Crippen molar-refractivity contribution in [2.75, 3.05) is 0 Å². The molecule has 0 saturated carbocycles. The molecule has 0 spiro atoms. The first kappa shape index (κ1) is 25.6. The van der Waals surface area contributed by atoms with Gasteiger partial charge in [0.2, 0.25) is 0 Å². The lowest BCUT2D eigenvalue weighted by atomic mass is 10.0. The number of nitrogens with zero attached hydrogens (tertiary/aromatic N) is 6. The molecule has 186 valence electrons. The largest absolute Gasteiger partial charge is 0.397 e. The van der Waals surface area contributed by atoms with Crippen molar-refractivity contribution in [3.63, 3.8) is 0 Å². The third-order valence-corrected chi connectivity index (χ3v) is 5.56. The summed E-state index contributed by atoms with van der Waals surface area (Å²) in [6.07, 6.45) is -2.20. The molecule has 2 aromatic rings. The Morgan fingerprint density at radius 2 is 1.67 bits per heavy atom. The number of hydrogen-bond acceptors (Lipinski definition) is 12. The Morgan fingerprint density at radius 1 is 1.03 bits per heavy atom. The fraction of sp³-hybridized carbons (Fsp3) is 0.733. The van der Waals surface area contributed by atoms with Crippen LogP contribution in [0.3, 0.4) is 0 Å². The maximum Gasteiger partial charge on any atom is 0.397 e. The van der Waals surface area contributed by atoms with Gasteiger partial charge >= 0.3 is 20.8 Å². The van der Waals surface area contributed by atoms with Gasteiger partial charge in [0.25, 0.3) is 0 Å². The highest BCUT2D eigenvalue weighted by molar-refractivity contribution is 7.81. The summed E-state index contributed by atoms with van der Waals surface area (Å²) in [5, 5.41) is 15.6. The molecule has 18 heteroatoms. The molecule has 1 aliphatic heterocycles. The van der Waals surface area contributed by atoms with E-state index in [0.29, 0.717) is 24.4 Å². The van der Waals surface area contributed by atoms with Crippen LogP contribution in [0.1, 0.15) is 31.7 Å². The van der Waals surface area contributed by atoms with Gasteiger partial charge in [-0.2, -0.15) is 16.8 Å². The van der Waals surface area contributed by atoms with Gasteiger partial charge in [0.05, 0.1) is 25.0 Å². The van der Waals surface area contributed by atoms with Gasteiger partial charge in [0.1, 0.15) is 24.0 Å². The fourth-order valence-corrected chi connectivity index (χ4v) is 4.20. The second kappa shape index (κ2) is 10.5. The first-order chi connectivity index (χ1) is 15.5. The van der Waals surface area contributed by atoms with Crippen LogP contribution in [0.2, 0.25) is 0 Å². The minimum atomic E-state index is -5.05. The molecule has 0 aliphatic carbocycles. The molecule has 16 nitrogen and oxygen atoms in total. The number of aryl methyl sites for hydroxylation is 2. The maximum atomic E-state index is 11.4. The van der Waals surface area contributed by atoms with Crippen LogP contribution in [0.5, 0.6) is 0 Å². The van der Waals surface area contributed by atoms with Crippen molar-refractivity contribution < 1.29 is 43.8 Å². The van der Waals surface area contributed by atoms with Crippen molar-refractivity contribution in [3.8, 4) is 0 Å². The van der Waals surface area contributed by atoms with Gasteiger partial charge in [-0.1, -0.05) is 17.4 Å². The van der Waals surface area contributed by atoms with Gasteiger partial charge in [-0.25, -0.2) is 13.0 Å². The molecular formula is C15H24N6O10S2. The van der Waals surface area contributed by atoms with E-state index in [0.717, 1.165) is 0 Å². The van der Waals surface area contributed by atoms with Gasteiger partial charge in [-0.05, 0) is 13.3 Å². The first-order valence-corrected chi connectivity index (χ1v) is 12.5. The van der Waals surface area contributed by atoms with Crippen molar-refractivity contribution in [2.45, 2.75) is 71.0 Å². The van der Waals surface area contributed by atoms with E-state index < -0.39 is 45.4 Å². The van der Waals surface area contributed by atoms with Crippen LogP contribution in [0.4, 0.5) is 0 Å². The van der Waals surface area contributed by atoms with Crippen molar-refractivity contribution in [1.29, 1.82) is 0 Å². The van der Waals surface area contributed by atoms with Crippen molar-refractivity contribution in [1.82, 2.24) is 30.0 Å². The second-order valence-electron chi connectivity index (χ2n) is 7.05. The molecular weight excluding hydrogens is 488 g/mol. The van der Waals surface area contributed by atoms with Crippen molar-refractivity contribution in [3.05, 3.63) is 23.8 Å². The third-order valence-electron chi connectivity index (χ3n) is 4.60. The van der Waals surface area contributed by atoms with Crippen LogP contribution in [-0.4, -0.2) is 80.5 Å². The lowest BCUT2D eigenvalue weighted by Crippen LogP contribution is -2.54. The number of rotatable bonds is 11. The quantitative estimate of drug-likeness (QED) is 0.352. The van der Waals surface area contributed by atoms with E-state index in [4.69, 9.17) is 9.47 Å². The zero-order valence-corrected chi connectivity index (χ0v) is 19.3. The van der Waals surface area contributed by atoms with E-state index in [2.05, 4.69) is 29.0 Å². The molecule has 1 saturated heterocycles. The highest BCUT2D eigenvalue weighted by atomic mass is 32.3. The summed E-state index contributed by atoms with van der Waals surface area (Å²) in [4.78, 5) is 0. The number of hydrogen-bond donors (Lipinski definition) is 2. The van der Waals surface area contributed by atoms with Crippen LogP contribution in [-0.2, 0) is 64.8 Å². The van der Waals surface area contributed by atoms with Gasteiger partial charge in [0.15, 0.2) is 6.29 Å². The van der Waals surface area contributed by atoms with E-state index >= 15 is 0 Å². The van der Waals surface area contributed by atoms with Crippen LogP contribution in [0, 0.1) is 0 Å². The van der Waals surface area contributed by atoms with Crippen LogP contribution in [0.25, 0.3) is 0 Å². The summed E-state index contributed by atoms with van der Waals surface area (Å²) in [7, 11) is -10.1. The van der Waals surface area contributed by atoms with Crippen LogP contribution in [0.15, 0.2) is 12.4 Å². The predicted octanol–water partition coefficient (Wildman–Crippen LogP) is -0.840. The molecule has 3 rings (SSSR count). The van der Waals surface area contributed by atoms with Crippen molar-refractivity contribution >= 4 is 20.8 Å². The molecule has 0 bridgehead atoms. The molecule has 0 unspecified atom stereocenters. The maximum absolute atomic E-state index is 11.4. The Labute approximate surface area is 189 Å². The minimum Gasteiger partial charge on any atom is -0.346 e. The second-order valence-corrected chi connectivity index (χ2v) is 9.15. The number of ether oxygens (including phenoxy) is 2. The zero-order chi connectivity index (χ0) is 24.2. The molecule has 3 heterocycles. The molecule has 0 aromatic carbocycles. The monoisotopic (exact) mass is 512 g/mol. The van der Waals surface area contributed by atoms with E-state index in [-0.39, 0.29) is 19.6 Å². The highest BCUT2D eigenvalue weighted by Gasteiger charge is 2.45. The predicted molar refractivity (Wildman–Crippen MR) is 106 cm³/mol. The Bertz CT molecular complexity index is 1130. The van der Waals surface area contributed by atoms with Gasteiger partial charge in [-0.15, -0.1) is 10.2 Å². The van der Waals surface area contributed by atoms with Gasteiger partial charge in [0, 0.05) is 19.2 Å². The average molecular weight is 513 g/mol. The molecule has 0 radical (unpaired) electrons. The summed E-state index contributed by atoms with van der Waals surface area (Å²) in [6, 6.07) is 0. The smallest absolute Gasteiger partial charge is 0.346 e. The van der Waals surface area contributed by atoms with E-state index in [9.17, 15) is 25.9 Å². The molecule has 4 atom stereocenters. The first-order valence-electron chi connectivity index (χ1n) is 9.82. The lowest BCUT2D eigenvalue weighted by molar-refractivity contribution is -0.249. The zero-order valence-electron chi connectivity index (χ0n) is 17.7. The molecule has 1 fully saturated rings. The summed E-state index contributed by atoms with van der Waals surface area (Å²) >= 11 is 0. The molecule has 0 amide bonds. The van der Waals surface area contributed by atoms with Crippen LogP contribution >= 0.6 is 0 Å². The third kappa shape index (κ3) is 7.74. The summed E-state index contributed by atoms with van der Waals surface area (Å²) in [5.41, 5.74) is 1.10. The average Bonchev–Trinajstić information content (AvgIpc) is 3.36. The number of aromatic nitrogens is 6. The topological polar surface area (TPSA) is 207 Å². The van der Waals surface area contributed by atoms with E-state index in [1.54, 1.807) is 17.1 Å². The van der Waals surface area contributed by atoms with Crippen molar-refractivity contribution in [2.24, 2.45) is 0 Å². The summed E-state index contributed by atoms with van der Waals surface area (Å²) in [6.45, 7) is 4.08. The standard InChI is InChI=1S/C15H24N6O10S2/c1-3-10-6-21(19-16-10)8-13-15(31-33(25,26)27)12(30-32(22,23)24)5-14(29-13)28-9-11-7-20(4-2)18-17-11/h6-7,12-15H,3-5,8-9H2,1-2H3,(H,22,23,24)(H,25,26,27)/t12-,13-,14+,15+/m1/s1. The Balaban J connectivity index is 1.83. The molecule has 2 aromatic heterocycles. The minimum absolute atomic E-state index is 0.0664. The summed E-state index contributed by atoms with van der Waals surface area (Å²) in [5.74, 6) is 0. The van der Waals surface area contributed by atoms with E-state index in [1.165, 1.54) is 4.68 Å². The molecule has 1 aliphatic rings. The Hall–Kier alpha value is -2.06. The normalized spacial score (nSPS) is 24.2. The van der Waals surface area contributed by atoms with Gasteiger partial charge < -0.3 is 9.47 Å². The Morgan fingerprint density at radius 3 is 2.24 bits per heavy atom. The van der Waals surface area contributed by atoms with E-state index in [1.807, 2.05) is 13.8 Å². The Kier molecular flexibility index (Phi) is 8.11. The highest BCUT2D eigenvalue weighted by Crippen LogP contribution is 2.29. The van der Waals surface area contributed by atoms with Gasteiger partial charge in [-0.3, -0.25) is 13.8 Å².